The quantitative estimate of drug-likeness (QED) is 0.511. The van der Waals surface area contributed by atoms with E-state index in [1.165, 1.54) is 11.1 Å². The molecule has 0 aliphatic heterocycles. The van der Waals surface area contributed by atoms with Crippen LogP contribution >= 0.6 is 0 Å². The van der Waals surface area contributed by atoms with Gasteiger partial charge in [-0.15, -0.1) is 5.92 Å². The normalized spacial score (nSPS) is 7.92. The minimum atomic E-state index is 0. The summed E-state index contributed by atoms with van der Waals surface area (Å²) in [5.41, 5.74) is 3.68. The molecule has 0 saturated heterocycles. The minimum Gasteiger partial charge on any atom is -0.101 e. The standard InChI is InChI=1S/C11H12.CH4/c1-4-5-11-7-9(2)6-10(3)8-11;/h6-8H,1-3H3;1H4. The average Bonchev–Trinajstić information content (AvgIpc) is 1.85. The van der Waals surface area contributed by atoms with Crippen molar-refractivity contribution in [3.05, 3.63) is 34.9 Å². The first-order valence-electron chi connectivity index (χ1n) is 3.73. The first-order valence-corrected chi connectivity index (χ1v) is 3.73. The highest BCUT2D eigenvalue weighted by molar-refractivity contribution is 5.39. The molecule has 0 radical (unpaired) electrons. The van der Waals surface area contributed by atoms with Crippen LogP contribution in [0.4, 0.5) is 0 Å². The van der Waals surface area contributed by atoms with Crippen molar-refractivity contribution in [3.8, 4) is 11.8 Å². The average molecular weight is 160 g/mol. The van der Waals surface area contributed by atoms with Crippen LogP contribution in [0, 0.1) is 25.7 Å². The van der Waals surface area contributed by atoms with E-state index in [0.29, 0.717) is 0 Å². The molecule has 0 aromatic heterocycles. The molecule has 0 aliphatic carbocycles. The Labute approximate surface area is 75.6 Å². The third kappa shape index (κ3) is 2.80. The third-order valence-corrected chi connectivity index (χ3v) is 1.49. The molecule has 0 saturated carbocycles. The molecule has 0 amide bonds. The fourth-order valence-electron chi connectivity index (χ4n) is 1.19. The Bertz CT molecular complexity index is 290. The van der Waals surface area contributed by atoms with Crippen molar-refractivity contribution in [1.29, 1.82) is 0 Å². The van der Waals surface area contributed by atoms with E-state index in [9.17, 15) is 0 Å². The third-order valence-electron chi connectivity index (χ3n) is 1.49. The Balaban J connectivity index is 0.00000121. The number of hydrogen-bond donors (Lipinski definition) is 0. The van der Waals surface area contributed by atoms with Crippen molar-refractivity contribution in [1.82, 2.24) is 0 Å². The lowest BCUT2D eigenvalue weighted by Crippen LogP contribution is -1.80. The van der Waals surface area contributed by atoms with E-state index in [-0.39, 0.29) is 7.43 Å². The van der Waals surface area contributed by atoms with Crippen LogP contribution in [-0.2, 0) is 0 Å². The Morgan fingerprint density at radius 1 is 1.00 bits per heavy atom. The fourth-order valence-corrected chi connectivity index (χ4v) is 1.19. The van der Waals surface area contributed by atoms with Gasteiger partial charge in [0.25, 0.3) is 0 Å². The summed E-state index contributed by atoms with van der Waals surface area (Å²) < 4.78 is 0. The lowest BCUT2D eigenvalue weighted by Gasteiger charge is -1.96. The number of aryl methyl sites for hydroxylation is 2. The molecule has 1 rings (SSSR count). The lowest BCUT2D eigenvalue weighted by molar-refractivity contribution is 1.37. The van der Waals surface area contributed by atoms with Gasteiger partial charge in [0, 0.05) is 5.56 Å². The van der Waals surface area contributed by atoms with Gasteiger partial charge in [-0.05, 0) is 44.0 Å². The summed E-state index contributed by atoms with van der Waals surface area (Å²) in [6, 6.07) is 6.36. The molecule has 64 valence electrons. The zero-order chi connectivity index (χ0) is 8.27. The molecule has 0 heterocycles. The molecule has 12 heavy (non-hydrogen) atoms. The molecule has 0 unspecified atom stereocenters. The van der Waals surface area contributed by atoms with Crippen LogP contribution in [0.15, 0.2) is 18.2 Å². The second-order valence-corrected chi connectivity index (χ2v) is 2.75. The Kier molecular flexibility index (Phi) is 4.15. The van der Waals surface area contributed by atoms with Crippen LogP contribution in [0.25, 0.3) is 0 Å². The summed E-state index contributed by atoms with van der Waals surface area (Å²) >= 11 is 0. The van der Waals surface area contributed by atoms with Gasteiger partial charge in [-0.2, -0.15) is 0 Å². The van der Waals surface area contributed by atoms with E-state index in [1.807, 2.05) is 6.92 Å². The summed E-state index contributed by atoms with van der Waals surface area (Å²) in [6.45, 7) is 6.04. The van der Waals surface area contributed by atoms with Crippen molar-refractivity contribution in [3.63, 3.8) is 0 Å². The molecule has 0 N–H and O–H groups in total. The van der Waals surface area contributed by atoms with Gasteiger partial charge in [0.15, 0.2) is 0 Å². The van der Waals surface area contributed by atoms with E-state index >= 15 is 0 Å². The molecular weight excluding hydrogens is 144 g/mol. The first-order chi connectivity index (χ1) is 5.22. The summed E-state index contributed by atoms with van der Waals surface area (Å²) in [7, 11) is 0. The predicted octanol–water partition coefficient (Wildman–Crippen LogP) is 3.31. The highest BCUT2D eigenvalue weighted by Crippen LogP contribution is 2.06. The zero-order valence-electron chi connectivity index (χ0n) is 7.23. The van der Waals surface area contributed by atoms with Crippen LogP contribution in [0.5, 0.6) is 0 Å². The van der Waals surface area contributed by atoms with Gasteiger partial charge in [-0.25, -0.2) is 0 Å². The van der Waals surface area contributed by atoms with Crippen LogP contribution in [0.1, 0.15) is 31.0 Å². The highest BCUT2D eigenvalue weighted by Gasteiger charge is 1.90. The number of rotatable bonds is 0. The maximum Gasteiger partial charge on any atom is 0.0250 e. The number of hydrogen-bond acceptors (Lipinski definition) is 0. The molecule has 0 nitrogen and oxygen atoms in total. The van der Waals surface area contributed by atoms with Gasteiger partial charge in [0.05, 0.1) is 0 Å². The molecular formula is C12H16. The molecule has 0 spiro atoms. The molecule has 0 heteroatoms. The largest absolute Gasteiger partial charge is 0.101 e. The van der Waals surface area contributed by atoms with Gasteiger partial charge in [0.2, 0.25) is 0 Å². The zero-order valence-corrected chi connectivity index (χ0v) is 7.23. The maximum atomic E-state index is 3.04. The second kappa shape index (κ2) is 4.62. The van der Waals surface area contributed by atoms with E-state index in [2.05, 4.69) is 43.9 Å². The van der Waals surface area contributed by atoms with Crippen LogP contribution < -0.4 is 0 Å². The van der Waals surface area contributed by atoms with E-state index in [4.69, 9.17) is 0 Å². The summed E-state index contributed by atoms with van der Waals surface area (Å²) in [5.74, 6) is 5.93. The lowest BCUT2D eigenvalue weighted by atomic mass is 10.1. The maximum absolute atomic E-state index is 3.04. The molecule has 1 aromatic rings. The SMILES string of the molecule is C.CC#Cc1cc(C)cc(C)c1. The van der Waals surface area contributed by atoms with Crippen molar-refractivity contribution in [2.45, 2.75) is 28.2 Å². The van der Waals surface area contributed by atoms with Crippen LogP contribution in [-0.4, -0.2) is 0 Å². The molecule has 0 aliphatic rings. The summed E-state index contributed by atoms with van der Waals surface area (Å²) in [4.78, 5) is 0. The van der Waals surface area contributed by atoms with Gasteiger partial charge in [-0.3, -0.25) is 0 Å². The topological polar surface area (TPSA) is 0 Å². The molecule has 0 bridgehead atoms. The first kappa shape index (κ1) is 10.8. The smallest absolute Gasteiger partial charge is 0.0250 e. The van der Waals surface area contributed by atoms with Crippen molar-refractivity contribution < 1.29 is 0 Å². The van der Waals surface area contributed by atoms with Gasteiger partial charge in [-0.1, -0.05) is 19.4 Å². The Morgan fingerprint density at radius 2 is 1.50 bits per heavy atom. The van der Waals surface area contributed by atoms with E-state index < -0.39 is 0 Å². The second-order valence-electron chi connectivity index (χ2n) is 2.75. The van der Waals surface area contributed by atoms with Crippen LogP contribution in [0.2, 0.25) is 0 Å². The Morgan fingerprint density at radius 3 is 1.92 bits per heavy atom. The molecule has 0 atom stereocenters. The predicted molar refractivity (Wildman–Crippen MR) is 55.2 cm³/mol. The van der Waals surface area contributed by atoms with Crippen molar-refractivity contribution in [2.24, 2.45) is 0 Å². The summed E-state index contributed by atoms with van der Waals surface area (Å²) in [5, 5.41) is 0. The highest BCUT2D eigenvalue weighted by atomic mass is 13.9. The Hall–Kier alpha value is -1.22. The summed E-state index contributed by atoms with van der Waals surface area (Å²) in [6.07, 6.45) is 0. The van der Waals surface area contributed by atoms with E-state index in [0.717, 1.165) is 5.56 Å². The van der Waals surface area contributed by atoms with Gasteiger partial charge in [0.1, 0.15) is 0 Å². The number of benzene rings is 1. The monoisotopic (exact) mass is 160 g/mol. The van der Waals surface area contributed by atoms with Crippen LogP contribution in [0.3, 0.4) is 0 Å². The van der Waals surface area contributed by atoms with Gasteiger partial charge < -0.3 is 0 Å². The molecule has 0 fully saturated rings. The van der Waals surface area contributed by atoms with E-state index in [1.54, 1.807) is 0 Å². The van der Waals surface area contributed by atoms with Crippen molar-refractivity contribution in [2.75, 3.05) is 0 Å². The minimum absolute atomic E-state index is 0. The van der Waals surface area contributed by atoms with Crippen molar-refractivity contribution >= 4 is 0 Å². The molecule has 1 aromatic carbocycles. The van der Waals surface area contributed by atoms with Gasteiger partial charge >= 0.3 is 0 Å². The fraction of sp³-hybridized carbons (Fsp3) is 0.333.